The topological polar surface area (TPSA) is 120 Å². The van der Waals surface area contributed by atoms with Gasteiger partial charge in [0.2, 0.25) is 16.0 Å². The zero-order valence-electron chi connectivity index (χ0n) is 15.2. The van der Waals surface area contributed by atoms with E-state index < -0.39 is 21.7 Å². The number of hydrogen-bond acceptors (Lipinski definition) is 7. The van der Waals surface area contributed by atoms with Gasteiger partial charge in [0.25, 0.3) is 5.91 Å². The number of aryl methyl sites for hydroxylation is 1. The van der Waals surface area contributed by atoms with Gasteiger partial charge in [0.15, 0.2) is 5.82 Å². The Labute approximate surface area is 161 Å². The van der Waals surface area contributed by atoms with E-state index in [-0.39, 0.29) is 33.9 Å². The summed E-state index contributed by atoms with van der Waals surface area (Å²) in [7, 11) is -2.50. The fourth-order valence-electron chi connectivity index (χ4n) is 2.63. The maximum Gasteiger partial charge on any atom is 0.261 e. The second kappa shape index (κ2) is 8.17. The zero-order chi connectivity index (χ0) is 20.3. The van der Waals surface area contributed by atoms with Gasteiger partial charge in [0.05, 0.1) is 36.1 Å². The largest absolute Gasteiger partial charge is 0.496 e. The van der Waals surface area contributed by atoms with Crippen LogP contribution in [0.3, 0.4) is 0 Å². The van der Waals surface area contributed by atoms with Gasteiger partial charge in [-0.2, -0.15) is 0 Å². The Morgan fingerprint density at radius 1 is 1.39 bits per heavy atom. The summed E-state index contributed by atoms with van der Waals surface area (Å²) < 4.78 is 51.4. The second-order valence-electron chi connectivity index (χ2n) is 6.12. The third-order valence-electron chi connectivity index (χ3n) is 4.12. The number of anilines is 1. The molecule has 0 bridgehead atoms. The number of nitrogens with zero attached hydrogens (tertiary/aromatic N) is 2. The Balaban J connectivity index is 1.87. The smallest absolute Gasteiger partial charge is 0.261 e. The van der Waals surface area contributed by atoms with Crippen molar-refractivity contribution in [3.05, 3.63) is 41.5 Å². The number of hydrogen-bond donors (Lipinski definition) is 2. The predicted octanol–water partition coefficient (Wildman–Crippen LogP) is 1.25. The first-order valence-electron chi connectivity index (χ1n) is 8.39. The maximum absolute atomic E-state index is 13.3. The van der Waals surface area contributed by atoms with E-state index in [9.17, 15) is 17.6 Å². The molecule has 1 aromatic heterocycles. The Hall–Kier alpha value is -2.63. The summed E-state index contributed by atoms with van der Waals surface area (Å²) in [5, 5.41) is 2.41. The van der Waals surface area contributed by atoms with E-state index in [2.05, 4.69) is 20.0 Å². The molecule has 1 aliphatic rings. The second-order valence-corrected chi connectivity index (χ2v) is 7.84. The monoisotopic (exact) mass is 410 g/mol. The number of rotatable bonds is 6. The van der Waals surface area contributed by atoms with Crippen molar-refractivity contribution in [2.24, 2.45) is 0 Å². The van der Waals surface area contributed by atoms with E-state index >= 15 is 0 Å². The van der Waals surface area contributed by atoms with E-state index in [1.165, 1.54) is 32.2 Å². The van der Waals surface area contributed by atoms with Crippen LogP contribution in [0.1, 0.15) is 22.5 Å². The molecule has 1 saturated heterocycles. The number of methoxy groups -OCH3 is 1. The van der Waals surface area contributed by atoms with Crippen molar-refractivity contribution >= 4 is 21.9 Å². The lowest BCUT2D eigenvalue weighted by atomic mass is 10.2. The summed E-state index contributed by atoms with van der Waals surface area (Å²) in [6.07, 6.45) is 1.51. The number of carbonyl (C=O) groups is 1. The molecule has 1 fully saturated rings. The van der Waals surface area contributed by atoms with Gasteiger partial charge in [0.1, 0.15) is 5.75 Å². The van der Waals surface area contributed by atoms with Gasteiger partial charge in [0, 0.05) is 12.6 Å². The summed E-state index contributed by atoms with van der Waals surface area (Å²) in [6, 6.07) is 3.60. The molecular formula is C17H19FN4O5S. The highest BCUT2D eigenvalue weighted by molar-refractivity contribution is 7.89. The first-order valence-corrected chi connectivity index (χ1v) is 9.87. The van der Waals surface area contributed by atoms with Gasteiger partial charge in [-0.3, -0.25) is 10.1 Å². The molecule has 2 heterocycles. The molecule has 11 heteroatoms. The average Bonchev–Trinajstić information content (AvgIpc) is 3.16. The van der Waals surface area contributed by atoms with Crippen LogP contribution in [0.5, 0.6) is 5.75 Å². The molecule has 9 nitrogen and oxygen atoms in total. The van der Waals surface area contributed by atoms with Gasteiger partial charge >= 0.3 is 0 Å². The molecule has 0 aliphatic carbocycles. The minimum atomic E-state index is -3.86. The van der Waals surface area contributed by atoms with Crippen LogP contribution in [0.2, 0.25) is 0 Å². The lowest BCUT2D eigenvalue weighted by molar-refractivity contribution is 0.102. The van der Waals surface area contributed by atoms with Gasteiger partial charge in [-0.25, -0.2) is 27.5 Å². The first-order chi connectivity index (χ1) is 13.3. The normalized spacial score (nSPS) is 16.8. The van der Waals surface area contributed by atoms with Gasteiger partial charge in [-0.15, -0.1) is 0 Å². The van der Waals surface area contributed by atoms with E-state index in [4.69, 9.17) is 9.47 Å². The van der Waals surface area contributed by atoms with Crippen LogP contribution in [0.4, 0.5) is 10.3 Å². The molecule has 0 spiro atoms. The SMILES string of the molecule is COc1ccc(S(=O)(=O)N[C@H]2CCOC2)cc1C(=O)Nc1ncc(F)c(C)n1. The molecule has 150 valence electrons. The average molecular weight is 410 g/mol. The summed E-state index contributed by atoms with van der Waals surface area (Å²) in [5.74, 6) is -1.24. The molecule has 1 amide bonds. The number of halogens is 1. The summed E-state index contributed by atoms with van der Waals surface area (Å²) >= 11 is 0. The van der Waals surface area contributed by atoms with Gasteiger partial charge < -0.3 is 9.47 Å². The predicted molar refractivity (Wildman–Crippen MR) is 97.2 cm³/mol. The van der Waals surface area contributed by atoms with E-state index in [1.54, 1.807) is 0 Å². The Bertz CT molecular complexity index is 993. The quantitative estimate of drug-likeness (QED) is 0.735. The molecule has 2 aromatic rings. The Morgan fingerprint density at radius 2 is 2.18 bits per heavy atom. The number of nitrogens with one attached hydrogen (secondary N) is 2. The van der Waals surface area contributed by atoms with Crippen LogP contribution in [-0.2, 0) is 14.8 Å². The Kier molecular flexibility index (Phi) is 5.87. The van der Waals surface area contributed by atoms with Crippen molar-refractivity contribution in [2.45, 2.75) is 24.3 Å². The number of benzene rings is 1. The standard InChI is InChI=1S/C17H19FN4O5S/c1-10-14(18)8-19-17(20-10)21-16(23)13-7-12(3-4-15(13)26-2)28(24,25)22-11-5-6-27-9-11/h3-4,7-8,11,22H,5-6,9H2,1-2H3,(H,19,20,21,23)/t11-/m0/s1. The molecule has 0 radical (unpaired) electrons. The number of carbonyl (C=O) groups excluding carboxylic acids is 1. The van der Waals surface area contributed by atoms with E-state index in [1.807, 2.05) is 0 Å². The van der Waals surface area contributed by atoms with Crippen LogP contribution in [-0.4, -0.2) is 50.7 Å². The third-order valence-corrected chi connectivity index (χ3v) is 5.64. The summed E-state index contributed by atoms with van der Waals surface area (Å²) in [5.41, 5.74) is 0.0372. The highest BCUT2D eigenvalue weighted by Gasteiger charge is 2.25. The lowest BCUT2D eigenvalue weighted by Gasteiger charge is -2.14. The lowest BCUT2D eigenvalue weighted by Crippen LogP contribution is -2.35. The van der Waals surface area contributed by atoms with Crippen molar-refractivity contribution in [3.63, 3.8) is 0 Å². The molecule has 0 unspecified atom stereocenters. The molecule has 1 aromatic carbocycles. The minimum Gasteiger partial charge on any atom is -0.496 e. The molecule has 1 aliphatic heterocycles. The molecule has 28 heavy (non-hydrogen) atoms. The van der Waals surface area contributed by atoms with Crippen LogP contribution in [0.15, 0.2) is 29.3 Å². The molecule has 3 rings (SSSR count). The molecule has 1 atom stereocenters. The molecule has 2 N–H and O–H groups in total. The fourth-order valence-corrected chi connectivity index (χ4v) is 3.91. The van der Waals surface area contributed by atoms with Gasteiger partial charge in [-0.05, 0) is 31.5 Å². The van der Waals surface area contributed by atoms with Crippen molar-refractivity contribution in [1.29, 1.82) is 0 Å². The van der Waals surface area contributed by atoms with Crippen LogP contribution in [0.25, 0.3) is 0 Å². The molecular weight excluding hydrogens is 391 g/mol. The highest BCUT2D eigenvalue weighted by Crippen LogP contribution is 2.24. The van der Waals surface area contributed by atoms with Crippen LogP contribution < -0.4 is 14.8 Å². The third kappa shape index (κ3) is 4.43. The summed E-state index contributed by atoms with van der Waals surface area (Å²) in [4.78, 5) is 20.0. The van der Waals surface area contributed by atoms with E-state index in [0.717, 1.165) is 6.20 Å². The first kappa shape index (κ1) is 20.1. The highest BCUT2D eigenvalue weighted by atomic mass is 32.2. The number of ether oxygens (including phenoxy) is 2. The van der Waals surface area contributed by atoms with Gasteiger partial charge in [-0.1, -0.05) is 0 Å². The van der Waals surface area contributed by atoms with Crippen molar-refractivity contribution in [1.82, 2.24) is 14.7 Å². The maximum atomic E-state index is 13.3. The Morgan fingerprint density at radius 3 is 2.82 bits per heavy atom. The van der Waals surface area contributed by atoms with Crippen LogP contribution >= 0.6 is 0 Å². The fraction of sp³-hybridized carbons (Fsp3) is 0.353. The summed E-state index contributed by atoms with van der Waals surface area (Å²) in [6.45, 7) is 2.21. The minimum absolute atomic E-state index is 0.0291. The van der Waals surface area contributed by atoms with E-state index in [0.29, 0.717) is 19.6 Å². The van der Waals surface area contributed by atoms with Crippen molar-refractivity contribution < 1.29 is 27.1 Å². The number of aromatic nitrogens is 2. The number of sulfonamides is 1. The van der Waals surface area contributed by atoms with Crippen LogP contribution in [0, 0.1) is 12.7 Å². The van der Waals surface area contributed by atoms with Crippen molar-refractivity contribution in [2.75, 3.05) is 25.6 Å². The van der Waals surface area contributed by atoms with Crippen molar-refractivity contribution in [3.8, 4) is 5.75 Å². The number of amides is 1. The molecule has 0 saturated carbocycles. The zero-order valence-corrected chi connectivity index (χ0v) is 16.0.